The van der Waals surface area contributed by atoms with Crippen molar-refractivity contribution < 1.29 is 28.5 Å². The summed E-state index contributed by atoms with van der Waals surface area (Å²) >= 11 is 0. The number of rotatable bonds is 14. The van der Waals surface area contributed by atoms with Gasteiger partial charge >= 0.3 is 0 Å². The monoisotopic (exact) mass is 538 g/mol. The normalized spacial score (nSPS) is 17.6. The van der Waals surface area contributed by atoms with Gasteiger partial charge in [0.1, 0.15) is 17.2 Å². The lowest BCUT2D eigenvalue weighted by atomic mass is 10.0. The Morgan fingerprint density at radius 3 is 1.74 bits per heavy atom. The van der Waals surface area contributed by atoms with Crippen LogP contribution < -0.4 is 14.2 Å². The maximum Gasteiger partial charge on any atom is 0.198 e. The number of carbonyl (C=O) groups is 1. The number of morpholine rings is 2. The van der Waals surface area contributed by atoms with Gasteiger partial charge in [0.15, 0.2) is 5.78 Å². The summed E-state index contributed by atoms with van der Waals surface area (Å²) in [5.41, 5.74) is 2.88. The fourth-order valence-electron chi connectivity index (χ4n) is 5.43. The van der Waals surface area contributed by atoms with Crippen molar-refractivity contribution in [2.75, 3.05) is 85.5 Å². The van der Waals surface area contributed by atoms with Crippen LogP contribution in [-0.4, -0.2) is 101 Å². The topological polar surface area (TPSA) is 69.7 Å². The molecule has 39 heavy (non-hydrogen) atoms. The van der Waals surface area contributed by atoms with Crippen LogP contribution in [0.25, 0.3) is 11.1 Å². The Bertz CT molecular complexity index is 1090. The molecule has 1 aliphatic carbocycles. The van der Waals surface area contributed by atoms with Gasteiger partial charge in [-0.15, -0.1) is 0 Å². The first-order valence-electron chi connectivity index (χ1n) is 14.6. The molecule has 0 N–H and O–H groups in total. The van der Waals surface area contributed by atoms with E-state index >= 15 is 0 Å². The lowest BCUT2D eigenvalue weighted by molar-refractivity contribution is 0.0357. The van der Waals surface area contributed by atoms with Crippen LogP contribution in [-0.2, 0) is 9.47 Å². The highest BCUT2D eigenvalue weighted by Gasteiger charge is 2.35. The second kappa shape index (κ2) is 14.1. The highest BCUT2D eigenvalue weighted by atomic mass is 16.5. The largest absolute Gasteiger partial charge is 0.493 e. The van der Waals surface area contributed by atoms with E-state index in [4.69, 9.17) is 23.7 Å². The number of ketones is 1. The average Bonchev–Trinajstić information content (AvgIpc) is 3.29. The molecule has 0 radical (unpaired) electrons. The number of ether oxygens (including phenoxy) is 5. The first-order valence-corrected chi connectivity index (χ1v) is 14.6. The SMILES string of the molecule is CCCCOc1ccc(OCCCN2CCOCC2)c2c1-c1c(OCCCN3CCOCC3)cccc1C2=O. The third kappa shape index (κ3) is 6.92. The van der Waals surface area contributed by atoms with Crippen LogP contribution in [0.3, 0.4) is 0 Å². The predicted octanol–water partition coefficient (Wildman–Crippen LogP) is 4.28. The molecule has 212 valence electrons. The van der Waals surface area contributed by atoms with Crippen molar-refractivity contribution in [3.8, 4) is 28.4 Å². The van der Waals surface area contributed by atoms with Crippen molar-refractivity contribution >= 4 is 5.78 Å². The van der Waals surface area contributed by atoms with Gasteiger partial charge in [-0.2, -0.15) is 0 Å². The number of nitrogens with zero attached hydrogens (tertiary/aromatic N) is 2. The molecule has 3 aliphatic rings. The Labute approximate surface area is 232 Å². The number of hydrogen-bond acceptors (Lipinski definition) is 8. The summed E-state index contributed by atoms with van der Waals surface area (Å²) in [6.07, 6.45) is 3.80. The van der Waals surface area contributed by atoms with Gasteiger partial charge in [-0.1, -0.05) is 25.5 Å². The highest BCUT2D eigenvalue weighted by molar-refractivity contribution is 6.25. The van der Waals surface area contributed by atoms with Crippen LogP contribution in [0.4, 0.5) is 0 Å². The summed E-state index contributed by atoms with van der Waals surface area (Å²) in [7, 11) is 0. The molecule has 2 heterocycles. The molecule has 5 rings (SSSR count). The molecule has 8 nitrogen and oxygen atoms in total. The van der Waals surface area contributed by atoms with Crippen molar-refractivity contribution in [3.05, 3.63) is 41.5 Å². The van der Waals surface area contributed by atoms with Crippen molar-refractivity contribution in [2.24, 2.45) is 0 Å². The second-order valence-electron chi connectivity index (χ2n) is 10.3. The molecule has 2 aromatic rings. The third-order valence-electron chi connectivity index (χ3n) is 7.59. The van der Waals surface area contributed by atoms with Crippen LogP contribution in [0.1, 0.15) is 48.5 Å². The molecule has 0 aromatic heterocycles. The van der Waals surface area contributed by atoms with Crippen LogP contribution in [0.5, 0.6) is 17.2 Å². The number of hydrogen-bond donors (Lipinski definition) is 0. The summed E-state index contributed by atoms with van der Waals surface area (Å²) in [5.74, 6) is 2.04. The maximum atomic E-state index is 13.7. The fraction of sp³-hybridized carbons (Fsp3) is 0.581. The zero-order valence-electron chi connectivity index (χ0n) is 23.3. The van der Waals surface area contributed by atoms with E-state index in [1.54, 1.807) is 0 Å². The zero-order valence-corrected chi connectivity index (χ0v) is 23.3. The molecule has 0 unspecified atom stereocenters. The molecule has 2 aromatic carbocycles. The summed E-state index contributed by atoms with van der Waals surface area (Å²) in [4.78, 5) is 18.5. The summed E-state index contributed by atoms with van der Waals surface area (Å²) in [6.45, 7) is 12.8. The van der Waals surface area contributed by atoms with Crippen molar-refractivity contribution in [1.82, 2.24) is 9.80 Å². The summed E-state index contributed by atoms with van der Waals surface area (Å²) in [5, 5.41) is 0. The van der Waals surface area contributed by atoms with E-state index in [0.29, 0.717) is 36.7 Å². The van der Waals surface area contributed by atoms with Gasteiger partial charge < -0.3 is 23.7 Å². The van der Waals surface area contributed by atoms with Crippen LogP contribution in [0, 0.1) is 0 Å². The molecule has 0 bridgehead atoms. The van der Waals surface area contributed by atoms with Crippen LogP contribution in [0.15, 0.2) is 30.3 Å². The molecular formula is C31H42N2O6. The van der Waals surface area contributed by atoms with E-state index in [-0.39, 0.29) is 5.78 Å². The maximum absolute atomic E-state index is 13.7. The van der Waals surface area contributed by atoms with Gasteiger partial charge in [0.25, 0.3) is 0 Å². The standard InChI is InChI=1S/C31H42N2O6/c1-2-3-17-37-26-9-10-27(39-19-6-12-33-15-22-36-23-16-33)30-29(26)28-24(31(30)34)7-4-8-25(28)38-18-5-11-32-13-20-35-21-14-32/h4,7-10H,2-3,5-6,11-23H2,1H3. The van der Waals surface area contributed by atoms with Crippen LogP contribution in [0.2, 0.25) is 0 Å². The third-order valence-corrected chi connectivity index (χ3v) is 7.59. The molecule has 0 atom stereocenters. The van der Waals surface area contributed by atoms with Crippen molar-refractivity contribution in [2.45, 2.75) is 32.6 Å². The average molecular weight is 539 g/mol. The molecular weight excluding hydrogens is 496 g/mol. The highest BCUT2D eigenvalue weighted by Crippen LogP contribution is 2.50. The molecule has 0 spiro atoms. The minimum Gasteiger partial charge on any atom is -0.493 e. The van der Waals surface area contributed by atoms with Gasteiger partial charge in [0.2, 0.25) is 0 Å². The number of fused-ring (bicyclic) bond motifs is 3. The van der Waals surface area contributed by atoms with Gasteiger partial charge in [0, 0.05) is 56.0 Å². The van der Waals surface area contributed by atoms with Gasteiger partial charge in [-0.05, 0) is 37.5 Å². The van der Waals surface area contributed by atoms with E-state index in [1.165, 1.54) is 0 Å². The van der Waals surface area contributed by atoms with E-state index in [2.05, 4.69) is 16.7 Å². The lowest BCUT2D eigenvalue weighted by Crippen LogP contribution is -2.37. The fourth-order valence-corrected chi connectivity index (χ4v) is 5.43. The first kappa shape index (κ1) is 27.9. The minimum atomic E-state index is -0.0251. The smallest absolute Gasteiger partial charge is 0.198 e. The Morgan fingerprint density at radius 2 is 1.18 bits per heavy atom. The van der Waals surface area contributed by atoms with E-state index in [1.807, 2.05) is 30.3 Å². The van der Waals surface area contributed by atoms with Crippen molar-refractivity contribution in [1.29, 1.82) is 0 Å². The number of benzene rings is 2. The molecule has 8 heteroatoms. The Hall–Kier alpha value is -2.65. The molecule has 0 amide bonds. The van der Waals surface area contributed by atoms with E-state index in [0.717, 1.165) is 114 Å². The van der Waals surface area contributed by atoms with Gasteiger partial charge in [-0.25, -0.2) is 0 Å². The Morgan fingerprint density at radius 1 is 0.667 bits per heavy atom. The molecule has 2 fully saturated rings. The van der Waals surface area contributed by atoms with Gasteiger partial charge in [-0.3, -0.25) is 14.6 Å². The van der Waals surface area contributed by atoms with Crippen LogP contribution >= 0.6 is 0 Å². The molecule has 0 saturated carbocycles. The van der Waals surface area contributed by atoms with E-state index < -0.39 is 0 Å². The first-order chi connectivity index (χ1) is 19.3. The quantitative estimate of drug-likeness (QED) is 0.282. The summed E-state index contributed by atoms with van der Waals surface area (Å²) < 4.78 is 29.7. The second-order valence-corrected chi connectivity index (χ2v) is 10.3. The predicted molar refractivity (Wildman–Crippen MR) is 150 cm³/mol. The minimum absolute atomic E-state index is 0.0251. The zero-order chi connectivity index (χ0) is 26.9. The lowest BCUT2D eigenvalue weighted by Gasteiger charge is -2.26. The Kier molecular flexibility index (Phi) is 10.1. The number of unbranched alkanes of at least 4 members (excludes halogenated alkanes) is 1. The molecule has 2 saturated heterocycles. The van der Waals surface area contributed by atoms with Crippen molar-refractivity contribution in [3.63, 3.8) is 0 Å². The summed E-state index contributed by atoms with van der Waals surface area (Å²) in [6, 6.07) is 9.59. The van der Waals surface area contributed by atoms with E-state index in [9.17, 15) is 4.79 Å². The molecule has 2 aliphatic heterocycles. The van der Waals surface area contributed by atoms with Gasteiger partial charge in [0.05, 0.1) is 51.8 Å². The Balaban J connectivity index is 1.31. The number of carbonyl (C=O) groups excluding carboxylic acids is 1.